The average molecular weight is 462 g/mol. The van der Waals surface area contributed by atoms with Crippen LogP contribution < -0.4 is 10.2 Å². The molecule has 8 heteroatoms. The fraction of sp³-hybridized carbons (Fsp3) is 0.435. The summed E-state index contributed by atoms with van der Waals surface area (Å²) in [6, 6.07) is 13.0. The van der Waals surface area contributed by atoms with E-state index in [2.05, 4.69) is 22.3 Å². The molecule has 3 rings (SSSR count). The van der Waals surface area contributed by atoms with Crippen LogP contribution in [0.4, 0.5) is 5.69 Å². The number of anilines is 1. The Balaban J connectivity index is 1.69. The zero-order valence-electron chi connectivity index (χ0n) is 18.4. The Labute approximate surface area is 190 Å². The molecule has 1 fully saturated rings. The van der Waals surface area contributed by atoms with E-state index in [-0.39, 0.29) is 10.8 Å². The van der Waals surface area contributed by atoms with Crippen molar-refractivity contribution in [2.24, 2.45) is 0 Å². The molecule has 1 aliphatic rings. The first-order chi connectivity index (χ1) is 14.9. The van der Waals surface area contributed by atoms with Crippen molar-refractivity contribution in [1.29, 1.82) is 0 Å². The number of thioether (sulfide) groups is 1. The summed E-state index contributed by atoms with van der Waals surface area (Å²) in [5, 5.41) is 2.93. The van der Waals surface area contributed by atoms with Crippen LogP contribution in [0.2, 0.25) is 0 Å². The second kappa shape index (κ2) is 10.5. The van der Waals surface area contributed by atoms with Gasteiger partial charge >= 0.3 is 0 Å². The van der Waals surface area contributed by atoms with Crippen LogP contribution >= 0.6 is 11.8 Å². The van der Waals surface area contributed by atoms with Crippen LogP contribution in [0.25, 0.3) is 0 Å². The second-order valence-electron chi connectivity index (χ2n) is 7.51. The van der Waals surface area contributed by atoms with Gasteiger partial charge in [-0.2, -0.15) is 16.1 Å². The molecule has 0 aromatic heterocycles. The van der Waals surface area contributed by atoms with E-state index < -0.39 is 10.0 Å². The van der Waals surface area contributed by atoms with Crippen molar-refractivity contribution in [2.45, 2.75) is 32.2 Å². The predicted octanol–water partition coefficient (Wildman–Crippen LogP) is 3.51. The van der Waals surface area contributed by atoms with E-state index in [1.54, 1.807) is 26.0 Å². The van der Waals surface area contributed by atoms with Gasteiger partial charge in [0.05, 0.1) is 4.90 Å². The van der Waals surface area contributed by atoms with Gasteiger partial charge in [-0.3, -0.25) is 4.79 Å². The van der Waals surface area contributed by atoms with Gasteiger partial charge in [0, 0.05) is 55.5 Å². The number of aryl methyl sites for hydroxylation is 1. The van der Waals surface area contributed by atoms with Gasteiger partial charge in [-0.15, -0.1) is 0 Å². The predicted molar refractivity (Wildman–Crippen MR) is 128 cm³/mol. The van der Waals surface area contributed by atoms with Gasteiger partial charge in [0.2, 0.25) is 10.0 Å². The van der Waals surface area contributed by atoms with Crippen molar-refractivity contribution in [1.82, 2.24) is 9.62 Å². The highest BCUT2D eigenvalue weighted by Crippen LogP contribution is 2.21. The van der Waals surface area contributed by atoms with Gasteiger partial charge in [-0.1, -0.05) is 32.0 Å². The fourth-order valence-electron chi connectivity index (χ4n) is 3.64. The lowest BCUT2D eigenvalue weighted by molar-refractivity contribution is 0.0950. The molecule has 0 radical (unpaired) electrons. The second-order valence-corrected chi connectivity index (χ2v) is 10.7. The van der Waals surface area contributed by atoms with Gasteiger partial charge < -0.3 is 10.2 Å². The van der Waals surface area contributed by atoms with Gasteiger partial charge in [-0.05, 0) is 42.3 Å². The zero-order chi connectivity index (χ0) is 22.4. The van der Waals surface area contributed by atoms with Crippen LogP contribution in [0.1, 0.15) is 35.3 Å². The standard InChI is InChI=1S/C23H31N3O3S2/c1-4-26(5-2)31(28,29)21-11-6-18(3)22(16-21)23(27)24-17-19-7-9-20(10-8-19)25-12-14-30-15-13-25/h6-11,16H,4-5,12-15,17H2,1-3H3,(H,24,27). The SMILES string of the molecule is CCN(CC)S(=O)(=O)c1ccc(C)c(C(=O)NCc2ccc(N3CCSCC3)cc2)c1. The molecule has 0 saturated carbocycles. The minimum Gasteiger partial charge on any atom is -0.370 e. The van der Waals surface area contributed by atoms with Gasteiger partial charge in [0.25, 0.3) is 5.91 Å². The van der Waals surface area contributed by atoms with Crippen molar-refractivity contribution in [2.75, 3.05) is 42.6 Å². The van der Waals surface area contributed by atoms with Crippen LogP contribution in [0.15, 0.2) is 47.4 Å². The summed E-state index contributed by atoms with van der Waals surface area (Å²) >= 11 is 1.98. The first-order valence-corrected chi connectivity index (χ1v) is 13.3. The Morgan fingerprint density at radius 3 is 2.32 bits per heavy atom. The van der Waals surface area contributed by atoms with Crippen molar-refractivity contribution in [3.8, 4) is 0 Å². The first-order valence-electron chi connectivity index (χ1n) is 10.7. The number of carbonyl (C=O) groups excluding carboxylic acids is 1. The minimum atomic E-state index is -3.61. The lowest BCUT2D eigenvalue weighted by atomic mass is 10.1. The Morgan fingerprint density at radius 1 is 1.06 bits per heavy atom. The Hall–Kier alpha value is -2.03. The molecule has 0 atom stereocenters. The molecule has 1 heterocycles. The van der Waals surface area contributed by atoms with E-state index >= 15 is 0 Å². The number of rotatable bonds is 8. The maximum Gasteiger partial charge on any atom is 0.251 e. The summed E-state index contributed by atoms with van der Waals surface area (Å²) in [5.74, 6) is 2.03. The molecule has 2 aromatic rings. The molecule has 0 bridgehead atoms. The lowest BCUT2D eigenvalue weighted by Crippen LogP contribution is -2.32. The fourth-order valence-corrected chi connectivity index (χ4v) is 6.03. The molecule has 1 saturated heterocycles. The third-order valence-corrected chi connectivity index (χ3v) is 8.55. The third-order valence-electron chi connectivity index (χ3n) is 5.56. The first kappa shape index (κ1) is 23.6. The Kier molecular flexibility index (Phi) is 8.02. The van der Waals surface area contributed by atoms with E-state index in [1.807, 2.05) is 30.8 Å². The van der Waals surface area contributed by atoms with Crippen molar-refractivity contribution in [3.05, 3.63) is 59.2 Å². The van der Waals surface area contributed by atoms with Crippen LogP contribution in [-0.4, -0.2) is 56.3 Å². The number of nitrogens with one attached hydrogen (secondary N) is 1. The average Bonchev–Trinajstić information content (AvgIpc) is 2.79. The molecule has 31 heavy (non-hydrogen) atoms. The molecule has 6 nitrogen and oxygen atoms in total. The molecule has 1 aliphatic heterocycles. The smallest absolute Gasteiger partial charge is 0.251 e. The number of hydrogen-bond donors (Lipinski definition) is 1. The molecule has 0 unspecified atom stereocenters. The zero-order valence-corrected chi connectivity index (χ0v) is 20.1. The molecule has 1 amide bonds. The normalized spacial score (nSPS) is 14.6. The van der Waals surface area contributed by atoms with E-state index in [0.717, 1.165) is 35.7 Å². The molecular weight excluding hydrogens is 430 g/mol. The quantitative estimate of drug-likeness (QED) is 0.652. The van der Waals surface area contributed by atoms with Crippen molar-refractivity contribution < 1.29 is 13.2 Å². The minimum absolute atomic E-state index is 0.149. The number of hydrogen-bond acceptors (Lipinski definition) is 5. The monoisotopic (exact) mass is 461 g/mol. The number of sulfonamides is 1. The highest BCUT2D eigenvalue weighted by molar-refractivity contribution is 7.99. The molecular formula is C23H31N3O3S2. The Morgan fingerprint density at radius 2 is 1.71 bits per heavy atom. The lowest BCUT2D eigenvalue weighted by Gasteiger charge is -2.28. The van der Waals surface area contributed by atoms with Crippen LogP contribution in [-0.2, 0) is 16.6 Å². The summed E-state index contributed by atoms with van der Waals surface area (Å²) in [4.78, 5) is 15.3. The van der Waals surface area contributed by atoms with E-state index in [0.29, 0.717) is 25.2 Å². The van der Waals surface area contributed by atoms with Crippen molar-refractivity contribution >= 4 is 33.4 Å². The molecule has 2 aromatic carbocycles. The summed E-state index contributed by atoms with van der Waals surface area (Å²) in [7, 11) is -3.61. The number of benzene rings is 2. The van der Waals surface area contributed by atoms with Crippen LogP contribution in [0.5, 0.6) is 0 Å². The summed E-state index contributed by atoms with van der Waals surface area (Å²) in [6.45, 7) is 8.72. The number of carbonyl (C=O) groups is 1. The van der Waals surface area contributed by atoms with Gasteiger partial charge in [-0.25, -0.2) is 8.42 Å². The van der Waals surface area contributed by atoms with Gasteiger partial charge in [0.15, 0.2) is 0 Å². The van der Waals surface area contributed by atoms with Gasteiger partial charge in [0.1, 0.15) is 0 Å². The van der Waals surface area contributed by atoms with Crippen LogP contribution in [0, 0.1) is 6.92 Å². The molecule has 1 N–H and O–H groups in total. The summed E-state index contributed by atoms with van der Waals surface area (Å²) < 4.78 is 27.0. The van der Waals surface area contributed by atoms with E-state index in [1.165, 1.54) is 16.1 Å². The largest absolute Gasteiger partial charge is 0.370 e. The third kappa shape index (κ3) is 5.61. The van der Waals surface area contributed by atoms with Crippen molar-refractivity contribution in [3.63, 3.8) is 0 Å². The maximum absolute atomic E-state index is 12.8. The Bertz CT molecular complexity index is 997. The number of amides is 1. The molecule has 168 valence electrons. The molecule has 0 spiro atoms. The topological polar surface area (TPSA) is 69.7 Å². The summed E-state index contributed by atoms with van der Waals surface area (Å²) in [6.07, 6.45) is 0. The van der Waals surface area contributed by atoms with Crippen LogP contribution in [0.3, 0.4) is 0 Å². The van der Waals surface area contributed by atoms with E-state index in [4.69, 9.17) is 0 Å². The maximum atomic E-state index is 12.8. The molecule has 0 aliphatic carbocycles. The van der Waals surface area contributed by atoms with E-state index in [9.17, 15) is 13.2 Å². The highest BCUT2D eigenvalue weighted by Gasteiger charge is 2.23. The summed E-state index contributed by atoms with van der Waals surface area (Å²) in [5.41, 5.74) is 3.35. The number of nitrogens with zero attached hydrogens (tertiary/aromatic N) is 2. The highest BCUT2D eigenvalue weighted by atomic mass is 32.2.